The van der Waals surface area contributed by atoms with Crippen LogP contribution in [-0.4, -0.2) is 43.1 Å². The molecule has 0 spiro atoms. The van der Waals surface area contributed by atoms with E-state index in [1.807, 2.05) is 31.2 Å². The van der Waals surface area contributed by atoms with Gasteiger partial charge in [0.25, 0.3) is 0 Å². The number of benzene rings is 1. The highest BCUT2D eigenvalue weighted by Gasteiger charge is 2.10. The SMILES string of the molecule is CC(N)CC(=O)NCc1ccc(OCCN2CCCC2)cc1. The van der Waals surface area contributed by atoms with Crippen LogP contribution in [0.4, 0.5) is 0 Å². The minimum absolute atomic E-state index is 0.0130. The Bertz CT molecular complexity index is 453. The van der Waals surface area contributed by atoms with Crippen molar-refractivity contribution in [2.24, 2.45) is 5.73 Å². The molecule has 1 fully saturated rings. The molecule has 1 saturated heterocycles. The number of carbonyl (C=O) groups is 1. The second kappa shape index (κ2) is 8.76. The fraction of sp³-hybridized carbons (Fsp3) is 0.588. The number of nitrogens with one attached hydrogen (secondary N) is 1. The number of nitrogens with two attached hydrogens (primary N) is 1. The summed E-state index contributed by atoms with van der Waals surface area (Å²) >= 11 is 0. The van der Waals surface area contributed by atoms with E-state index >= 15 is 0 Å². The quantitative estimate of drug-likeness (QED) is 0.764. The molecule has 0 saturated carbocycles. The minimum atomic E-state index is -0.105. The molecule has 1 aliphatic heterocycles. The van der Waals surface area contributed by atoms with Crippen molar-refractivity contribution in [2.75, 3.05) is 26.2 Å². The van der Waals surface area contributed by atoms with Crippen LogP contribution < -0.4 is 15.8 Å². The van der Waals surface area contributed by atoms with Crippen LogP contribution in [0.1, 0.15) is 31.7 Å². The van der Waals surface area contributed by atoms with Gasteiger partial charge in [0, 0.05) is 25.6 Å². The van der Waals surface area contributed by atoms with E-state index in [2.05, 4.69) is 10.2 Å². The number of rotatable bonds is 8. The fourth-order valence-corrected chi connectivity index (χ4v) is 2.57. The topological polar surface area (TPSA) is 67.6 Å². The van der Waals surface area contributed by atoms with Crippen molar-refractivity contribution in [1.82, 2.24) is 10.2 Å². The summed E-state index contributed by atoms with van der Waals surface area (Å²) < 4.78 is 5.76. The molecule has 3 N–H and O–H groups in total. The Morgan fingerprint density at radius 1 is 1.32 bits per heavy atom. The van der Waals surface area contributed by atoms with Crippen LogP contribution in [0, 0.1) is 0 Å². The van der Waals surface area contributed by atoms with E-state index in [9.17, 15) is 4.79 Å². The van der Waals surface area contributed by atoms with Crippen molar-refractivity contribution in [1.29, 1.82) is 0 Å². The lowest BCUT2D eigenvalue weighted by Gasteiger charge is -2.15. The molecule has 0 bridgehead atoms. The molecule has 2 rings (SSSR count). The van der Waals surface area contributed by atoms with Crippen molar-refractivity contribution < 1.29 is 9.53 Å². The molecule has 0 aliphatic carbocycles. The van der Waals surface area contributed by atoms with Gasteiger partial charge in [0.1, 0.15) is 12.4 Å². The maximum absolute atomic E-state index is 11.5. The highest BCUT2D eigenvalue weighted by atomic mass is 16.5. The first-order chi connectivity index (χ1) is 10.6. The molecule has 1 aromatic rings. The minimum Gasteiger partial charge on any atom is -0.492 e. The highest BCUT2D eigenvalue weighted by molar-refractivity contribution is 5.76. The lowest BCUT2D eigenvalue weighted by atomic mass is 10.2. The molecule has 5 nitrogen and oxygen atoms in total. The first-order valence-corrected chi connectivity index (χ1v) is 8.10. The summed E-state index contributed by atoms with van der Waals surface area (Å²) in [6.45, 7) is 6.47. The van der Waals surface area contributed by atoms with Gasteiger partial charge in [-0.2, -0.15) is 0 Å². The van der Waals surface area contributed by atoms with E-state index < -0.39 is 0 Å². The maximum atomic E-state index is 11.5. The van der Waals surface area contributed by atoms with E-state index in [1.165, 1.54) is 25.9 Å². The predicted molar refractivity (Wildman–Crippen MR) is 87.7 cm³/mol. The molecule has 1 amide bonds. The highest BCUT2D eigenvalue weighted by Crippen LogP contribution is 2.13. The Hall–Kier alpha value is -1.59. The summed E-state index contributed by atoms with van der Waals surface area (Å²) in [7, 11) is 0. The van der Waals surface area contributed by atoms with Crippen LogP contribution in [0.2, 0.25) is 0 Å². The summed E-state index contributed by atoms with van der Waals surface area (Å²) in [4.78, 5) is 14.0. The zero-order valence-electron chi connectivity index (χ0n) is 13.4. The summed E-state index contributed by atoms with van der Waals surface area (Å²) in [6, 6.07) is 7.77. The zero-order valence-corrected chi connectivity index (χ0v) is 13.4. The largest absolute Gasteiger partial charge is 0.492 e. The second-order valence-corrected chi connectivity index (χ2v) is 6.00. The number of hydrogen-bond acceptors (Lipinski definition) is 4. The lowest BCUT2D eigenvalue weighted by molar-refractivity contribution is -0.121. The Kier molecular flexibility index (Phi) is 6.68. The van der Waals surface area contributed by atoms with Crippen molar-refractivity contribution in [3.8, 4) is 5.75 Å². The third-order valence-electron chi connectivity index (χ3n) is 3.80. The normalized spacial score (nSPS) is 16.5. The summed E-state index contributed by atoms with van der Waals surface area (Å²) in [5.74, 6) is 0.866. The van der Waals surface area contributed by atoms with Crippen LogP contribution in [0.5, 0.6) is 5.75 Å². The molecule has 1 aromatic carbocycles. The molecular formula is C17H27N3O2. The predicted octanol–water partition coefficient (Wildman–Crippen LogP) is 1.51. The van der Waals surface area contributed by atoms with Crippen molar-refractivity contribution >= 4 is 5.91 Å². The number of ether oxygens (including phenoxy) is 1. The van der Waals surface area contributed by atoms with Gasteiger partial charge in [-0.05, 0) is 50.6 Å². The van der Waals surface area contributed by atoms with Gasteiger partial charge in [-0.15, -0.1) is 0 Å². The summed E-state index contributed by atoms with van der Waals surface area (Å²) in [5, 5.41) is 2.86. The third kappa shape index (κ3) is 6.03. The number of nitrogens with zero attached hydrogens (tertiary/aromatic N) is 1. The van der Waals surface area contributed by atoms with Gasteiger partial charge in [0.15, 0.2) is 0 Å². The maximum Gasteiger partial charge on any atom is 0.221 e. The van der Waals surface area contributed by atoms with E-state index in [4.69, 9.17) is 10.5 Å². The van der Waals surface area contributed by atoms with Crippen LogP contribution in [-0.2, 0) is 11.3 Å². The Morgan fingerprint density at radius 3 is 2.64 bits per heavy atom. The summed E-state index contributed by atoms with van der Waals surface area (Å²) in [5.41, 5.74) is 6.65. The number of carbonyl (C=O) groups excluding carboxylic acids is 1. The Labute approximate surface area is 132 Å². The molecule has 1 aliphatic rings. The van der Waals surface area contributed by atoms with Gasteiger partial charge in [0.05, 0.1) is 0 Å². The van der Waals surface area contributed by atoms with Crippen molar-refractivity contribution in [3.63, 3.8) is 0 Å². The Morgan fingerprint density at radius 2 is 2.00 bits per heavy atom. The van der Waals surface area contributed by atoms with Crippen molar-refractivity contribution in [3.05, 3.63) is 29.8 Å². The van der Waals surface area contributed by atoms with Crippen LogP contribution in [0.3, 0.4) is 0 Å². The van der Waals surface area contributed by atoms with Crippen molar-refractivity contribution in [2.45, 2.75) is 38.8 Å². The van der Waals surface area contributed by atoms with Crippen LogP contribution in [0.15, 0.2) is 24.3 Å². The first-order valence-electron chi connectivity index (χ1n) is 8.10. The molecule has 22 heavy (non-hydrogen) atoms. The average Bonchev–Trinajstić information content (AvgIpc) is 2.99. The number of likely N-dealkylation sites (tertiary alicyclic amines) is 1. The molecule has 0 aromatic heterocycles. The fourth-order valence-electron chi connectivity index (χ4n) is 2.57. The van der Waals surface area contributed by atoms with Gasteiger partial charge in [0.2, 0.25) is 5.91 Å². The number of amides is 1. The monoisotopic (exact) mass is 305 g/mol. The molecule has 1 heterocycles. The lowest BCUT2D eigenvalue weighted by Crippen LogP contribution is -2.29. The standard InChI is InChI=1S/C17H27N3O2/c1-14(18)12-17(21)19-13-15-4-6-16(7-5-15)22-11-10-20-8-2-3-9-20/h4-7,14H,2-3,8-13,18H2,1H3,(H,19,21). The third-order valence-corrected chi connectivity index (χ3v) is 3.80. The Balaban J connectivity index is 1.67. The average molecular weight is 305 g/mol. The van der Waals surface area contributed by atoms with Gasteiger partial charge in [-0.1, -0.05) is 12.1 Å². The zero-order chi connectivity index (χ0) is 15.8. The molecular weight excluding hydrogens is 278 g/mol. The van der Waals surface area contributed by atoms with E-state index in [0.717, 1.165) is 24.5 Å². The molecule has 122 valence electrons. The van der Waals surface area contributed by atoms with E-state index in [0.29, 0.717) is 13.0 Å². The smallest absolute Gasteiger partial charge is 0.221 e. The molecule has 1 atom stereocenters. The van der Waals surface area contributed by atoms with Gasteiger partial charge >= 0.3 is 0 Å². The number of hydrogen-bond donors (Lipinski definition) is 2. The summed E-state index contributed by atoms with van der Waals surface area (Å²) in [6.07, 6.45) is 2.98. The molecule has 5 heteroatoms. The van der Waals surface area contributed by atoms with Crippen LogP contribution >= 0.6 is 0 Å². The second-order valence-electron chi connectivity index (χ2n) is 6.00. The van der Waals surface area contributed by atoms with E-state index in [-0.39, 0.29) is 11.9 Å². The molecule has 1 unspecified atom stereocenters. The molecule has 0 radical (unpaired) electrons. The van der Waals surface area contributed by atoms with Gasteiger partial charge in [-0.3, -0.25) is 9.69 Å². The van der Waals surface area contributed by atoms with Gasteiger partial charge < -0.3 is 15.8 Å². The first kappa shape index (κ1) is 16.8. The van der Waals surface area contributed by atoms with Gasteiger partial charge in [-0.25, -0.2) is 0 Å². The van der Waals surface area contributed by atoms with Crippen LogP contribution in [0.25, 0.3) is 0 Å². The van der Waals surface area contributed by atoms with E-state index in [1.54, 1.807) is 0 Å².